The quantitative estimate of drug-likeness (QED) is 0.548. The number of aryl methyl sites for hydroxylation is 2. The number of H-pyrrole nitrogens is 1. The number of amides is 2. The number of urea groups is 1. The number of carboxylic acid groups (broad SMARTS) is 1. The van der Waals surface area contributed by atoms with E-state index in [0.717, 1.165) is 0 Å². The number of anilines is 1. The third-order valence-corrected chi connectivity index (χ3v) is 1.73. The van der Waals surface area contributed by atoms with Crippen LogP contribution in [0.1, 0.15) is 11.4 Å². The SMILES string of the molecule is Cc1n[nH]c(C)c1NC(=O)NOCC(=O)O. The molecule has 0 aliphatic carbocycles. The molecule has 0 aliphatic rings. The molecule has 1 rings (SSSR count). The lowest BCUT2D eigenvalue weighted by molar-refractivity contribution is -0.143. The van der Waals surface area contributed by atoms with Crippen molar-refractivity contribution >= 4 is 17.7 Å². The molecule has 1 aromatic rings. The molecule has 0 aromatic carbocycles. The molecular weight excluding hydrogens is 216 g/mol. The molecule has 8 nitrogen and oxygen atoms in total. The van der Waals surface area contributed by atoms with Crippen LogP contribution in [0.5, 0.6) is 0 Å². The number of carbonyl (C=O) groups excluding carboxylic acids is 1. The van der Waals surface area contributed by atoms with Crippen LogP contribution in [-0.4, -0.2) is 33.9 Å². The minimum Gasteiger partial charge on any atom is -0.479 e. The van der Waals surface area contributed by atoms with Crippen molar-refractivity contribution in [3.05, 3.63) is 11.4 Å². The molecule has 0 atom stereocenters. The maximum atomic E-state index is 11.2. The third kappa shape index (κ3) is 3.24. The Morgan fingerprint density at radius 2 is 2.19 bits per heavy atom. The molecule has 0 fully saturated rings. The lowest BCUT2D eigenvalue weighted by Gasteiger charge is -2.06. The summed E-state index contributed by atoms with van der Waals surface area (Å²) in [5.41, 5.74) is 3.80. The minimum absolute atomic E-state index is 0.538. The van der Waals surface area contributed by atoms with E-state index in [4.69, 9.17) is 5.11 Å². The van der Waals surface area contributed by atoms with Crippen LogP contribution >= 0.6 is 0 Å². The minimum atomic E-state index is -1.17. The van der Waals surface area contributed by atoms with Gasteiger partial charge in [-0.25, -0.2) is 15.1 Å². The number of nitrogens with one attached hydrogen (secondary N) is 3. The smallest absolute Gasteiger partial charge is 0.343 e. The number of hydrogen-bond donors (Lipinski definition) is 4. The highest BCUT2D eigenvalue weighted by atomic mass is 16.7. The Morgan fingerprint density at radius 3 is 2.69 bits per heavy atom. The first kappa shape index (κ1) is 12.0. The van der Waals surface area contributed by atoms with Gasteiger partial charge in [0.2, 0.25) is 0 Å². The standard InChI is InChI=1S/C8H12N4O4/c1-4-7(5(2)11-10-4)9-8(15)12-16-3-6(13)14/h3H2,1-2H3,(H,10,11)(H,13,14)(H2,9,12,15). The van der Waals surface area contributed by atoms with E-state index in [1.54, 1.807) is 13.8 Å². The Hall–Kier alpha value is -2.09. The largest absolute Gasteiger partial charge is 0.479 e. The van der Waals surface area contributed by atoms with Crippen LogP contribution in [0.15, 0.2) is 0 Å². The van der Waals surface area contributed by atoms with E-state index in [2.05, 4.69) is 20.4 Å². The fourth-order valence-corrected chi connectivity index (χ4v) is 1.04. The number of carbonyl (C=O) groups is 2. The molecular formula is C8H12N4O4. The Morgan fingerprint density at radius 1 is 1.50 bits per heavy atom. The molecule has 0 unspecified atom stereocenters. The normalized spacial score (nSPS) is 9.88. The van der Waals surface area contributed by atoms with Crippen molar-refractivity contribution in [3.8, 4) is 0 Å². The predicted octanol–water partition coefficient (Wildman–Crippen LogP) is 0.164. The highest BCUT2D eigenvalue weighted by molar-refractivity contribution is 5.89. The molecule has 4 N–H and O–H groups in total. The maximum Gasteiger partial charge on any atom is 0.343 e. The van der Waals surface area contributed by atoms with Crippen molar-refractivity contribution in [2.24, 2.45) is 0 Å². The fraction of sp³-hybridized carbons (Fsp3) is 0.375. The van der Waals surface area contributed by atoms with Crippen LogP contribution in [-0.2, 0) is 9.63 Å². The molecule has 0 aliphatic heterocycles. The summed E-state index contributed by atoms with van der Waals surface area (Å²) in [4.78, 5) is 25.7. The average molecular weight is 228 g/mol. The van der Waals surface area contributed by atoms with Crippen LogP contribution in [0.4, 0.5) is 10.5 Å². The van der Waals surface area contributed by atoms with Crippen molar-refractivity contribution in [2.75, 3.05) is 11.9 Å². The average Bonchev–Trinajstić information content (AvgIpc) is 2.49. The van der Waals surface area contributed by atoms with Crippen molar-refractivity contribution in [3.63, 3.8) is 0 Å². The summed E-state index contributed by atoms with van der Waals surface area (Å²) in [5.74, 6) is -1.17. The maximum absolute atomic E-state index is 11.2. The van der Waals surface area contributed by atoms with Crippen LogP contribution in [0.25, 0.3) is 0 Å². The summed E-state index contributed by atoms with van der Waals surface area (Å²) in [5, 5.41) is 17.3. The summed E-state index contributed by atoms with van der Waals surface area (Å²) in [6.45, 7) is 2.86. The summed E-state index contributed by atoms with van der Waals surface area (Å²) in [7, 11) is 0. The van der Waals surface area contributed by atoms with E-state index in [1.807, 2.05) is 5.48 Å². The lowest BCUT2D eigenvalue weighted by Crippen LogP contribution is -2.31. The van der Waals surface area contributed by atoms with Crippen LogP contribution < -0.4 is 10.8 Å². The number of hydrogen-bond acceptors (Lipinski definition) is 4. The number of carboxylic acids is 1. The van der Waals surface area contributed by atoms with Gasteiger partial charge in [-0.2, -0.15) is 5.10 Å². The topological polar surface area (TPSA) is 116 Å². The fourth-order valence-electron chi connectivity index (χ4n) is 1.04. The molecule has 8 heteroatoms. The highest BCUT2D eigenvalue weighted by Gasteiger charge is 2.10. The number of hydroxylamine groups is 1. The second-order valence-electron chi connectivity index (χ2n) is 3.05. The number of aromatic amines is 1. The van der Waals surface area contributed by atoms with E-state index >= 15 is 0 Å². The molecule has 0 radical (unpaired) electrons. The molecule has 1 heterocycles. The van der Waals surface area contributed by atoms with Gasteiger partial charge in [-0.3, -0.25) is 9.94 Å². The zero-order chi connectivity index (χ0) is 12.1. The van der Waals surface area contributed by atoms with Gasteiger partial charge in [0.05, 0.1) is 17.1 Å². The monoisotopic (exact) mass is 228 g/mol. The van der Waals surface area contributed by atoms with Gasteiger partial charge in [-0.05, 0) is 13.8 Å². The first-order valence-corrected chi connectivity index (χ1v) is 4.43. The number of nitrogens with zero attached hydrogens (tertiary/aromatic N) is 1. The van der Waals surface area contributed by atoms with Gasteiger partial charge in [0.25, 0.3) is 0 Å². The van der Waals surface area contributed by atoms with E-state index in [1.165, 1.54) is 0 Å². The van der Waals surface area contributed by atoms with Crippen LogP contribution in [0.3, 0.4) is 0 Å². The molecule has 16 heavy (non-hydrogen) atoms. The second kappa shape index (κ2) is 5.12. The summed E-state index contributed by atoms with van der Waals surface area (Å²) in [6.07, 6.45) is 0. The van der Waals surface area contributed by atoms with E-state index in [0.29, 0.717) is 17.1 Å². The van der Waals surface area contributed by atoms with Crippen molar-refractivity contribution < 1.29 is 19.5 Å². The lowest BCUT2D eigenvalue weighted by atomic mass is 10.3. The number of aromatic nitrogens is 2. The second-order valence-corrected chi connectivity index (χ2v) is 3.05. The molecule has 0 saturated heterocycles. The van der Waals surface area contributed by atoms with E-state index < -0.39 is 18.6 Å². The first-order valence-electron chi connectivity index (χ1n) is 4.43. The van der Waals surface area contributed by atoms with Crippen molar-refractivity contribution in [1.82, 2.24) is 15.7 Å². The van der Waals surface area contributed by atoms with E-state index in [-0.39, 0.29) is 0 Å². The van der Waals surface area contributed by atoms with Gasteiger partial charge in [-0.1, -0.05) is 0 Å². The zero-order valence-corrected chi connectivity index (χ0v) is 8.83. The molecule has 2 amide bonds. The number of rotatable bonds is 4. The summed E-state index contributed by atoms with van der Waals surface area (Å²) >= 11 is 0. The van der Waals surface area contributed by atoms with E-state index in [9.17, 15) is 9.59 Å². The molecule has 0 spiro atoms. The Kier molecular flexibility index (Phi) is 3.84. The van der Waals surface area contributed by atoms with Gasteiger partial charge in [-0.15, -0.1) is 0 Å². The summed E-state index contributed by atoms with van der Waals surface area (Å²) < 4.78 is 0. The molecule has 1 aromatic heterocycles. The molecule has 0 saturated carbocycles. The predicted molar refractivity (Wildman–Crippen MR) is 53.8 cm³/mol. The van der Waals surface area contributed by atoms with Crippen molar-refractivity contribution in [2.45, 2.75) is 13.8 Å². The summed E-state index contributed by atoms with van der Waals surface area (Å²) in [6, 6.07) is -0.658. The van der Waals surface area contributed by atoms with Crippen molar-refractivity contribution in [1.29, 1.82) is 0 Å². The van der Waals surface area contributed by atoms with Gasteiger partial charge in [0, 0.05) is 0 Å². The third-order valence-electron chi connectivity index (χ3n) is 1.73. The molecule has 0 bridgehead atoms. The Bertz CT molecular complexity index is 381. The Labute approximate surface area is 90.9 Å². The van der Waals surface area contributed by atoms with Gasteiger partial charge in [0.15, 0.2) is 6.61 Å². The zero-order valence-electron chi connectivity index (χ0n) is 8.83. The van der Waals surface area contributed by atoms with Crippen LogP contribution in [0, 0.1) is 13.8 Å². The highest BCUT2D eigenvalue weighted by Crippen LogP contribution is 2.15. The molecule has 88 valence electrons. The first-order chi connectivity index (χ1) is 7.50. The van der Waals surface area contributed by atoms with Gasteiger partial charge in [0.1, 0.15) is 0 Å². The van der Waals surface area contributed by atoms with Gasteiger partial charge >= 0.3 is 12.0 Å². The number of aliphatic carboxylic acids is 1. The van der Waals surface area contributed by atoms with Gasteiger partial charge < -0.3 is 10.4 Å². The Balaban J connectivity index is 2.43. The van der Waals surface area contributed by atoms with Crippen LogP contribution in [0.2, 0.25) is 0 Å².